The Labute approximate surface area is 190 Å². The van der Waals surface area contributed by atoms with Crippen LogP contribution in [0.1, 0.15) is 6.92 Å². The van der Waals surface area contributed by atoms with Crippen molar-refractivity contribution in [3.05, 3.63) is 66.4 Å². The van der Waals surface area contributed by atoms with E-state index in [-0.39, 0.29) is 24.0 Å². The molecule has 3 rings (SSSR count). The smallest absolute Gasteiger partial charge is 0.229 e. The van der Waals surface area contributed by atoms with Crippen LogP contribution in [0.3, 0.4) is 0 Å². The van der Waals surface area contributed by atoms with E-state index in [4.69, 9.17) is 4.74 Å². The molecule has 2 unspecified atom stereocenters. The van der Waals surface area contributed by atoms with Crippen LogP contribution in [0, 0.1) is 23.0 Å². The molecule has 2 aromatic carbocycles. The van der Waals surface area contributed by atoms with Gasteiger partial charge in [-0.25, -0.2) is 13.8 Å². The topological polar surface area (TPSA) is 97.5 Å². The summed E-state index contributed by atoms with van der Waals surface area (Å²) >= 11 is 0. The van der Waals surface area contributed by atoms with Crippen LogP contribution < -0.4 is 15.0 Å². The molecule has 0 saturated carbocycles. The van der Waals surface area contributed by atoms with Gasteiger partial charge in [-0.3, -0.25) is 4.90 Å². The van der Waals surface area contributed by atoms with Crippen molar-refractivity contribution in [3.63, 3.8) is 0 Å². The van der Waals surface area contributed by atoms with Crippen LogP contribution in [0.15, 0.2) is 54.7 Å². The number of ether oxygens (including phenoxy) is 1. The first-order valence-electron chi connectivity index (χ1n) is 10.1. The van der Waals surface area contributed by atoms with Gasteiger partial charge in [0, 0.05) is 18.0 Å². The zero-order chi connectivity index (χ0) is 24.0. The van der Waals surface area contributed by atoms with Crippen LogP contribution in [0.2, 0.25) is 0 Å². The van der Waals surface area contributed by atoms with Crippen molar-refractivity contribution in [3.8, 4) is 11.8 Å². The average molecular weight is 454 g/mol. The van der Waals surface area contributed by atoms with Gasteiger partial charge in [-0.1, -0.05) is 0 Å². The van der Waals surface area contributed by atoms with Crippen molar-refractivity contribution in [2.75, 3.05) is 30.9 Å². The molecule has 0 radical (unpaired) electrons. The Morgan fingerprint density at radius 3 is 2.48 bits per heavy atom. The van der Waals surface area contributed by atoms with Gasteiger partial charge in [0.2, 0.25) is 5.95 Å². The molecule has 10 heteroatoms. The zero-order valence-corrected chi connectivity index (χ0v) is 18.4. The minimum Gasteiger partial charge on any atom is -0.472 e. The maximum atomic E-state index is 14.3. The Morgan fingerprint density at radius 1 is 1.15 bits per heavy atom. The molecule has 1 aromatic heterocycles. The van der Waals surface area contributed by atoms with E-state index in [0.717, 1.165) is 12.1 Å². The normalized spacial score (nSPS) is 12.7. The number of halogens is 2. The lowest BCUT2D eigenvalue weighted by Crippen LogP contribution is -2.42. The van der Waals surface area contributed by atoms with Gasteiger partial charge in [0.1, 0.15) is 35.9 Å². The van der Waals surface area contributed by atoms with Crippen LogP contribution in [-0.4, -0.2) is 52.9 Å². The third kappa shape index (κ3) is 6.12. The second kappa shape index (κ2) is 10.7. The lowest BCUT2D eigenvalue weighted by molar-refractivity contribution is -0.0348. The summed E-state index contributed by atoms with van der Waals surface area (Å²) in [6.45, 7) is 1.46. The van der Waals surface area contributed by atoms with Crippen LogP contribution in [0.5, 0.6) is 5.75 Å². The SMILES string of the molecule is CC(O)C(Oc1ccc(Nc2nccc(N(CC#N)c3ccc(F)cc3F)n2)cc1)N(C)C. The van der Waals surface area contributed by atoms with E-state index in [1.54, 1.807) is 36.1 Å². The Kier molecular flexibility index (Phi) is 7.71. The predicted molar refractivity (Wildman–Crippen MR) is 121 cm³/mol. The van der Waals surface area contributed by atoms with Gasteiger partial charge < -0.3 is 20.1 Å². The van der Waals surface area contributed by atoms with Crippen LogP contribution in [0.25, 0.3) is 0 Å². The molecular formula is C23H24F2N6O2. The lowest BCUT2D eigenvalue weighted by atomic mass is 10.2. The summed E-state index contributed by atoms with van der Waals surface area (Å²) in [6, 6.07) is 13.6. The summed E-state index contributed by atoms with van der Waals surface area (Å²) in [6.07, 6.45) is 0.288. The van der Waals surface area contributed by atoms with Gasteiger partial charge in [0.15, 0.2) is 6.23 Å². The largest absolute Gasteiger partial charge is 0.472 e. The monoisotopic (exact) mass is 454 g/mol. The molecule has 3 aromatic rings. The number of benzene rings is 2. The standard InChI is InChI=1S/C23H24F2N6O2/c1-15(32)22(30(2)3)33-18-7-5-17(6-8-18)28-23-27-12-10-21(29-23)31(13-11-26)20-9-4-16(24)14-19(20)25/h4-10,12,14-15,22,32H,13H2,1-3H3,(H,27,28,29). The van der Waals surface area contributed by atoms with E-state index in [1.165, 1.54) is 23.2 Å². The zero-order valence-electron chi connectivity index (χ0n) is 18.4. The molecule has 0 bridgehead atoms. The van der Waals surface area contributed by atoms with Crippen LogP contribution in [0.4, 0.5) is 31.9 Å². The first kappa shape index (κ1) is 23.8. The van der Waals surface area contributed by atoms with Crippen molar-refractivity contribution in [1.29, 1.82) is 5.26 Å². The number of aliphatic hydroxyl groups excluding tert-OH is 1. The predicted octanol–water partition coefficient (Wildman–Crippen LogP) is 3.81. The molecule has 0 aliphatic carbocycles. The van der Waals surface area contributed by atoms with Gasteiger partial charge in [-0.2, -0.15) is 10.2 Å². The third-order valence-corrected chi connectivity index (χ3v) is 4.64. The van der Waals surface area contributed by atoms with Crippen LogP contribution in [-0.2, 0) is 0 Å². The van der Waals surface area contributed by atoms with E-state index in [0.29, 0.717) is 11.4 Å². The number of hydrogen-bond donors (Lipinski definition) is 2. The summed E-state index contributed by atoms with van der Waals surface area (Å²) < 4.78 is 33.4. The minimum atomic E-state index is -0.804. The Balaban J connectivity index is 1.78. The average Bonchev–Trinajstić information content (AvgIpc) is 2.77. The van der Waals surface area contributed by atoms with Gasteiger partial charge in [-0.15, -0.1) is 0 Å². The van der Waals surface area contributed by atoms with E-state index >= 15 is 0 Å². The number of aromatic nitrogens is 2. The number of rotatable bonds is 9. The first-order valence-corrected chi connectivity index (χ1v) is 10.1. The highest BCUT2D eigenvalue weighted by molar-refractivity contribution is 5.63. The number of nitrogens with zero attached hydrogens (tertiary/aromatic N) is 5. The van der Waals surface area contributed by atoms with E-state index in [9.17, 15) is 19.1 Å². The van der Waals surface area contributed by atoms with Crippen molar-refractivity contribution in [2.24, 2.45) is 0 Å². The highest BCUT2D eigenvalue weighted by Crippen LogP contribution is 2.28. The Morgan fingerprint density at radius 2 is 1.88 bits per heavy atom. The quantitative estimate of drug-likeness (QED) is 0.372. The van der Waals surface area contributed by atoms with E-state index < -0.39 is 24.0 Å². The number of anilines is 4. The summed E-state index contributed by atoms with van der Waals surface area (Å²) in [7, 11) is 3.62. The molecular weight excluding hydrogens is 430 g/mol. The molecule has 2 N–H and O–H groups in total. The number of nitriles is 1. The summed E-state index contributed by atoms with van der Waals surface area (Å²) in [5.74, 6) is -0.452. The molecule has 0 aliphatic rings. The van der Waals surface area contributed by atoms with Crippen molar-refractivity contribution >= 4 is 23.1 Å². The molecule has 172 valence electrons. The second-order valence-electron chi connectivity index (χ2n) is 7.44. The maximum absolute atomic E-state index is 14.3. The van der Waals surface area contributed by atoms with Gasteiger partial charge in [0.25, 0.3) is 0 Å². The number of nitrogens with one attached hydrogen (secondary N) is 1. The fourth-order valence-corrected chi connectivity index (χ4v) is 3.14. The lowest BCUT2D eigenvalue weighted by Gasteiger charge is -2.27. The summed E-state index contributed by atoms with van der Waals surface area (Å²) in [4.78, 5) is 11.6. The maximum Gasteiger partial charge on any atom is 0.229 e. The highest BCUT2D eigenvalue weighted by atomic mass is 19.1. The van der Waals surface area contributed by atoms with Gasteiger partial charge in [0.05, 0.1) is 11.8 Å². The fourth-order valence-electron chi connectivity index (χ4n) is 3.14. The number of likely N-dealkylation sites (N-methyl/N-ethyl adjacent to an activating group) is 1. The molecule has 1 heterocycles. The van der Waals surface area contributed by atoms with Crippen LogP contribution >= 0.6 is 0 Å². The summed E-state index contributed by atoms with van der Waals surface area (Å²) in [5, 5.41) is 22.1. The molecule has 8 nitrogen and oxygen atoms in total. The minimum absolute atomic E-state index is 0.0256. The molecule has 0 fully saturated rings. The highest BCUT2D eigenvalue weighted by Gasteiger charge is 2.19. The Bertz CT molecular complexity index is 1110. The van der Waals surface area contributed by atoms with Crippen molar-refractivity contribution < 1.29 is 18.6 Å². The fraction of sp³-hybridized carbons (Fsp3) is 0.261. The third-order valence-electron chi connectivity index (χ3n) is 4.64. The van der Waals surface area contributed by atoms with Gasteiger partial charge in [-0.05, 0) is 63.5 Å². The molecule has 33 heavy (non-hydrogen) atoms. The second-order valence-corrected chi connectivity index (χ2v) is 7.44. The van der Waals surface area contributed by atoms with Crippen molar-refractivity contribution in [1.82, 2.24) is 14.9 Å². The number of hydrogen-bond acceptors (Lipinski definition) is 8. The molecule has 0 aliphatic heterocycles. The Hall–Kier alpha value is -3.81. The van der Waals surface area contributed by atoms with E-state index in [2.05, 4.69) is 15.3 Å². The van der Waals surface area contributed by atoms with Crippen molar-refractivity contribution in [2.45, 2.75) is 19.3 Å². The molecule has 0 saturated heterocycles. The summed E-state index contributed by atoms with van der Waals surface area (Å²) in [5.41, 5.74) is 0.690. The first-order chi connectivity index (χ1) is 15.8. The molecule has 0 spiro atoms. The molecule has 0 amide bonds. The molecule has 2 atom stereocenters. The van der Waals surface area contributed by atoms with Gasteiger partial charge >= 0.3 is 0 Å². The van der Waals surface area contributed by atoms with E-state index in [1.807, 2.05) is 20.2 Å². The number of aliphatic hydroxyl groups is 1.